The van der Waals surface area contributed by atoms with E-state index in [2.05, 4.69) is 220 Å². The van der Waals surface area contributed by atoms with Crippen LogP contribution in [0.3, 0.4) is 0 Å². The standard InChI is InChI=1S/C63H44N6/c1-43-16-35-61-57(38-43)59-40-55(34-37-63(59)69(61)49-12-6-3-7-13-49)67(51-27-19-45(42-65)20-28-51)53-31-23-47(24-32-53)46-21-29-52(30-22-46)66(50-25-17-44(41-64)18-26-50)54-33-36-62-58(39-54)56-14-8-9-15-60(56)68(62)48-10-4-2-5-11-48/h2-37,39-40,43H,38H2,1H3. The lowest BCUT2D eigenvalue weighted by Gasteiger charge is -2.26. The Labute approximate surface area is 401 Å². The number of rotatable bonds is 9. The molecule has 2 heterocycles. The highest BCUT2D eigenvalue weighted by Crippen LogP contribution is 2.43. The summed E-state index contributed by atoms with van der Waals surface area (Å²) in [5, 5.41) is 23.0. The monoisotopic (exact) mass is 884 g/mol. The van der Waals surface area contributed by atoms with Gasteiger partial charge in [-0.15, -0.1) is 0 Å². The van der Waals surface area contributed by atoms with Gasteiger partial charge in [-0.1, -0.05) is 91.9 Å². The van der Waals surface area contributed by atoms with Crippen molar-refractivity contribution in [2.45, 2.75) is 13.3 Å². The van der Waals surface area contributed by atoms with Crippen molar-refractivity contribution in [2.75, 3.05) is 9.80 Å². The molecule has 326 valence electrons. The van der Waals surface area contributed by atoms with E-state index < -0.39 is 0 Å². The van der Waals surface area contributed by atoms with Gasteiger partial charge in [0.15, 0.2) is 0 Å². The van der Waals surface area contributed by atoms with Crippen LogP contribution in [-0.2, 0) is 6.42 Å². The van der Waals surface area contributed by atoms with Gasteiger partial charge in [-0.05, 0) is 175 Å². The Kier molecular flexibility index (Phi) is 10.2. The smallest absolute Gasteiger partial charge is 0.0991 e. The zero-order valence-electron chi connectivity index (χ0n) is 37.9. The van der Waals surface area contributed by atoms with Gasteiger partial charge < -0.3 is 18.9 Å². The van der Waals surface area contributed by atoms with Crippen molar-refractivity contribution >= 4 is 72.9 Å². The summed E-state index contributed by atoms with van der Waals surface area (Å²) < 4.78 is 4.72. The molecule has 1 unspecified atom stereocenters. The number of para-hydroxylation sites is 3. The van der Waals surface area contributed by atoms with Crippen LogP contribution in [-0.4, -0.2) is 9.13 Å². The van der Waals surface area contributed by atoms with Gasteiger partial charge in [0.1, 0.15) is 0 Å². The summed E-state index contributed by atoms with van der Waals surface area (Å²) >= 11 is 0. The summed E-state index contributed by atoms with van der Waals surface area (Å²) in [4.78, 5) is 4.54. The van der Waals surface area contributed by atoms with E-state index in [-0.39, 0.29) is 0 Å². The number of fused-ring (bicyclic) bond motifs is 6. The van der Waals surface area contributed by atoms with Crippen molar-refractivity contribution in [2.24, 2.45) is 5.92 Å². The molecule has 0 bridgehead atoms. The minimum absolute atomic E-state index is 0.440. The lowest BCUT2D eigenvalue weighted by molar-refractivity contribution is 0.718. The molecule has 1 aliphatic carbocycles. The SMILES string of the molecule is CC1C=Cc2c(c3cc(N(c4ccc(C#N)cc4)c4ccc(-c5ccc(N(c6ccc(C#N)cc6)c6ccc7c(c6)c6ccccc6n7-c6ccccc6)cc5)cc4)ccc3n2-c2ccccc2)C1. The summed E-state index contributed by atoms with van der Waals surface area (Å²) in [6.45, 7) is 2.28. The Morgan fingerprint density at radius 1 is 0.420 bits per heavy atom. The predicted octanol–water partition coefficient (Wildman–Crippen LogP) is 16.3. The molecule has 1 aliphatic rings. The van der Waals surface area contributed by atoms with E-state index in [4.69, 9.17) is 0 Å². The van der Waals surface area contributed by atoms with E-state index in [1.165, 1.54) is 27.5 Å². The van der Waals surface area contributed by atoms with Gasteiger partial charge in [0.2, 0.25) is 0 Å². The van der Waals surface area contributed by atoms with Crippen LogP contribution >= 0.6 is 0 Å². The molecule has 6 nitrogen and oxygen atoms in total. The lowest BCUT2D eigenvalue weighted by Crippen LogP contribution is -2.10. The number of aromatic nitrogens is 2. The number of hydrogen-bond donors (Lipinski definition) is 0. The normalized spacial score (nSPS) is 13.0. The average molecular weight is 885 g/mol. The molecule has 0 N–H and O–H groups in total. The van der Waals surface area contributed by atoms with Crippen LogP contribution in [0.4, 0.5) is 34.1 Å². The first kappa shape index (κ1) is 41.1. The number of benzene rings is 9. The molecular formula is C63H44N6. The van der Waals surface area contributed by atoms with E-state index in [9.17, 15) is 10.5 Å². The van der Waals surface area contributed by atoms with Gasteiger partial charge in [0, 0.05) is 67.4 Å². The second-order valence-corrected chi connectivity index (χ2v) is 17.7. The van der Waals surface area contributed by atoms with E-state index in [1.807, 2.05) is 48.5 Å². The Hall–Kier alpha value is -9.36. The molecule has 0 amide bonds. The van der Waals surface area contributed by atoms with E-state index >= 15 is 0 Å². The van der Waals surface area contributed by atoms with Crippen molar-refractivity contribution < 1.29 is 0 Å². The number of allylic oxidation sites excluding steroid dienone is 1. The van der Waals surface area contributed by atoms with Crippen molar-refractivity contribution in [3.8, 4) is 34.6 Å². The van der Waals surface area contributed by atoms with Gasteiger partial charge in [0.05, 0.1) is 39.8 Å². The van der Waals surface area contributed by atoms with Crippen LogP contribution in [0.2, 0.25) is 0 Å². The zero-order valence-corrected chi connectivity index (χ0v) is 37.9. The fourth-order valence-corrected chi connectivity index (χ4v) is 10.2. The van der Waals surface area contributed by atoms with Crippen molar-refractivity contribution in [1.82, 2.24) is 9.13 Å². The summed E-state index contributed by atoms with van der Waals surface area (Å²) in [5.41, 5.74) is 17.8. The highest BCUT2D eigenvalue weighted by molar-refractivity contribution is 6.10. The molecule has 12 rings (SSSR count). The maximum Gasteiger partial charge on any atom is 0.0991 e. The fraction of sp³-hybridized carbons (Fsp3) is 0.0476. The highest BCUT2D eigenvalue weighted by atomic mass is 15.1. The Bertz CT molecular complexity index is 3810. The third-order valence-corrected chi connectivity index (χ3v) is 13.5. The summed E-state index contributed by atoms with van der Waals surface area (Å²) in [5.74, 6) is 0.440. The predicted molar refractivity (Wildman–Crippen MR) is 284 cm³/mol. The molecule has 9 aromatic carbocycles. The molecular weight excluding hydrogens is 841 g/mol. The van der Waals surface area contributed by atoms with Crippen LogP contribution in [0.5, 0.6) is 0 Å². The van der Waals surface area contributed by atoms with Gasteiger partial charge >= 0.3 is 0 Å². The van der Waals surface area contributed by atoms with E-state index in [0.717, 1.165) is 79.5 Å². The van der Waals surface area contributed by atoms with Gasteiger partial charge in [-0.3, -0.25) is 0 Å². The Balaban J connectivity index is 0.915. The molecule has 2 aromatic heterocycles. The molecule has 1 atom stereocenters. The van der Waals surface area contributed by atoms with Crippen LogP contribution < -0.4 is 9.80 Å². The summed E-state index contributed by atoms with van der Waals surface area (Å²) in [6.07, 6.45) is 5.57. The molecule has 0 spiro atoms. The number of anilines is 6. The number of nitriles is 2. The third-order valence-electron chi connectivity index (χ3n) is 13.5. The van der Waals surface area contributed by atoms with Crippen molar-refractivity contribution in [3.63, 3.8) is 0 Å². The molecule has 0 saturated carbocycles. The minimum atomic E-state index is 0.440. The minimum Gasteiger partial charge on any atom is -0.310 e. The topological polar surface area (TPSA) is 63.9 Å². The second-order valence-electron chi connectivity index (χ2n) is 17.7. The molecule has 11 aromatic rings. The first-order valence-electron chi connectivity index (χ1n) is 23.3. The Morgan fingerprint density at radius 3 is 1.36 bits per heavy atom. The van der Waals surface area contributed by atoms with Crippen LogP contribution in [0, 0.1) is 28.6 Å². The lowest BCUT2D eigenvalue weighted by atomic mass is 9.93. The molecule has 6 heteroatoms. The molecule has 0 radical (unpaired) electrons. The molecule has 69 heavy (non-hydrogen) atoms. The van der Waals surface area contributed by atoms with E-state index in [1.54, 1.807) is 0 Å². The largest absolute Gasteiger partial charge is 0.310 e. The van der Waals surface area contributed by atoms with Crippen molar-refractivity contribution in [3.05, 3.63) is 247 Å². The average Bonchev–Trinajstić information content (AvgIpc) is 3.92. The molecule has 0 fully saturated rings. The second kappa shape index (κ2) is 17.1. The molecule has 0 saturated heterocycles. The van der Waals surface area contributed by atoms with Crippen LogP contribution in [0.25, 0.3) is 61.3 Å². The van der Waals surface area contributed by atoms with Gasteiger partial charge in [-0.25, -0.2) is 0 Å². The highest BCUT2D eigenvalue weighted by Gasteiger charge is 2.24. The molecule has 0 aliphatic heterocycles. The first-order valence-corrected chi connectivity index (χ1v) is 23.3. The van der Waals surface area contributed by atoms with Gasteiger partial charge in [0.25, 0.3) is 0 Å². The van der Waals surface area contributed by atoms with Gasteiger partial charge in [-0.2, -0.15) is 10.5 Å². The Morgan fingerprint density at radius 2 is 0.841 bits per heavy atom. The maximum absolute atomic E-state index is 9.70. The van der Waals surface area contributed by atoms with Crippen molar-refractivity contribution in [1.29, 1.82) is 10.5 Å². The number of nitrogens with zero attached hydrogens (tertiary/aromatic N) is 6. The van der Waals surface area contributed by atoms with Crippen LogP contribution in [0.15, 0.2) is 224 Å². The summed E-state index contributed by atoms with van der Waals surface area (Å²) in [6, 6.07) is 80.9. The van der Waals surface area contributed by atoms with Crippen LogP contribution in [0.1, 0.15) is 29.3 Å². The third kappa shape index (κ3) is 7.29. The quantitative estimate of drug-likeness (QED) is 0.145. The zero-order chi connectivity index (χ0) is 46.4. The fourth-order valence-electron chi connectivity index (χ4n) is 10.2. The van der Waals surface area contributed by atoms with E-state index in [0.29, 0.717) is 17.0 Å². The first-order chi connectivity index (χ1) is 34.0. The number of hydrogen-bond acceptors (Lipinski definition) is 4. The summed E-state index contributed by atoms with van der Waals surface area (Å²) in [7, 11) is 0. The maximum atomic E-state index is 9.70.